The van der Waals surface area contributed by atoms with Crippen LogP contribution in [0.3, 0.4) is 0 Å². The number of fused-ring (bicyclic) bond motifs is 1. The summed E-state index contributed by atoms with van der Waals surface area (Å²) in [7, 11) is 0. The average molecular weight is 292 g/mol. The first kappa shape index (κ1) is 14.8. The van der Waals surface area contributed by atoms with E-state index in [-0.39, 0.29) is 0 Å². The Bertz CT molecular complexity index is 715. The third kappa shape index (κ3) is 2.41. The highest BCUT2D eigenvalue weighted by atomic mass is 16.5. The van der Waals surface area contributed by atoms with Gasteiger partial charge in [-0.15, -0.1) is 0 Å². The van der Waals surface area contributed by atoms with Gasteiger partial charge in [-0.2, -0.15) is 5.26 Å². The Labute approximate surface area is 131 Å². The lowest BCUT2D eigenvalue weighted by Crippen LogP contribution is -2.28. The number of ether oxygens (including phenoxy) is 1. The van der Waals surface area contributed by atoms with Crippen LogP contribution in [0, 0.1) is 18.3 Å². The summed E-state index contributed by atoms with van der Waals surface area (Å²) in [5, 5.41) is 9.08. The van der Waals surface area contributed by atoms with Crippen molar-refractivity contribution in [3.05, 3.63) is 70.3 Å². The zero-order valence-electron chi connectivity index (χ0n) is 12.8. The number of nitrogens with zero attached hydrogens (tertiary/aromatic N) is 1. The molecule has 0 spiro atoms. The average Bonchev–Trinajstić information content (AvgIpc) is 2.92. The molecule has 0 amide bonds. The van der Waals surface area contributed by atoms with E-state index in [1.54, 1.807) is 0 Å². The number of rotatable bonds is 4. The third-order valence-electron chi connectivity index (χ3n) is 4.39. The maximum absolute atomic E-state index is 9.08. The second kappa shape index (κ2) is 5.92. The molecule has 22 heavy (non-hydrogen) atoms. The highest BCUT2D eigenvalue weighted by molar-refractivity contribution is 5.48. The molecule has 0 fully saturated rings. The molecule has 0 radical (unpaired) electrons. The van der Waals surface area contributed by atoms with Crippen LogP contribution < -0.4 is 5.73 Å². The van der Waals surface area contributed by atoms with E-state index in [0.29, 0.717) is 18.7 Å². The second-order valence-electron chi connectivity index (χ2n) is 5.86. The molecular formula is C19H20N2O. The maximum atomic E-state index is 9.08. The Morgan fingerprint density at radius 2 is 2.00 bits per heavy atom. The minimum absolute atomic E-state index is 0.434. The molecule has 1 aliphatic heterocycles. The van der Waals surface area contributed by atoms with E-state index in [2.05, 4.69) is 37.3 Å². The molecular weight excluding hydrogens is 272 g/mol. The normalized spacial score (nSPS) is 19.7. The van der Waals surface area contributed by atoms with Crippen LogP contribution in [0.1, 0.15) is 40.7 Å². The smallest absolute Gasteiger partial charge is 0.119 e. The van der Waals surface area contributed by atoms with Gasteiger partial charge in [-0.25, -0.2) is 0 Å². The molecule has 0 bridgehead atoms. The van der Waals surface area contributed by atoms with Crippen LogP contribution >= 0.6 is 0 Å². The van der Waals surface area contributed by atoms with Gasteiger partial charge >= 0.3 is 0 Å². The predicted octanol–water partition coefficient (Wildman–Crippen LogP) is 3.38. The highest BCUT2D eigenvalue weighted by Gasteiger charge is 2.41. The molecule has 2 aromatic rings. The van der Waals surface area contributed by atoms with Gasteiger partial charge in [0, 0.05) is 0 Å². The number of benzene rings is 2. The van der Waals surface area contributed by atoms with Gasteiger partial charge in [-0.3, -0.25) is 0 Å². The summed E-state index contributed by atoms with van der Waals surface area (Å²) in [5.74, 6) is 0. The van der Waals surface area contributed by atoms with E-state index in [0.717, 1.165) is 24.0 Å². The Balaban J connectivity index is 2.10. The van der Waals surface area contributed by atoms with E-state index in [4.69, 9.17) is 15.7 Å². The van der Waals surface area contributed by atoms with Gasteiger partial charge in [0.1, 0.15) is 5.60 Å². The summed E-state index contributed by atoms with van der Waals surface area (Å²) >= 11 is 0. The fraction of sp³-hybridized carbons (Fsp3) is 0.316. The topological polar surface area (TPSA) is 59.0 Å². The van der Waals surface area contributed by atoms with E-state index >= 15 is 0 Å². The maximum Gasteiger partial charge on any atom is 0.119 e. The van der Waals surface area contributed by atoms with Crippen molar-refractivity contribution in [3.8, 4) is 6.07 Å². The van der Waals surface area contributed by atoms with Crippen LogP contribution in [-0.4, -0.2) is 6.54 Å². The van der Waals surface area contributed by atoms with Crippen LogP contribution in [0.25, 0.3) is 0 Å². The van der Waals surface area contributed by atoms with Crippen molar-refractivity contribution >= 4 is 0 Å². The van der Waals surface area contributed by atoms with Crippen molar-refractivity contribution in [1.29, 1.82) is 5.26 Å². The lowest BCUT2D eigenvalue weighted by Gasteiger charge is -2.30. The van der Waals surface area contributed by atoms with E-state index in [1.165, 1.54) is 11.1 Å². The van der Waals surface area contributed by atoms with E-state index < -0.39 is 5.60 Å². The van der Waals surface area contributed by atoms with Gasteiger partial charge in [-0.05, 0) is 55.1 Å². The number of aryl methyl sites for hydroxylation is 1. The molecule has 2 N–H and O–H groups in total. The number of nitrogens with two attached hydrogens (primary N) is 1. The van der Waals surface area contributed by atoms with Crippen LogP contribution in [0.5, 0.6) is 0 Å². The summed E-state index contributed by atoms with van der Waals surface area (Å²) in [6.45, 7) is 3.27. The fourth-order valence-electron chi connectivity index (χ4n) is 3.22. The zero-order chi connectivity index (χ0) is 15.6. The SMILES string of the molecule is Cc1ccc([C@]2(CCCN)OCc3cc(C#N)ccc32)cc1. The molecule has 1 heterocycles. The van der Waals surface area contributed by atoms with Crippen LogP contribution in [0.4, 0.5) is 0 Å². The molecule has 1 atom stereocenters. The number of hydrogen-bond donors (Lipinski definition) is 1. The molecule has 112 valence electrons. The molecule has 3 nitrogen and oxygen atoms in total. The molecule has 0 saturated carbocycles. The predicted molar refractivity (Wildman–Crippen MR) is 86.2 cm³/mol. The number of nitriles is 1. The molecule has 3 heteroatoms. The first-order valence-corrected chi connectivity index (χ1v) is 7.64. The fourth-order valence-corrected chi connectivity index (χ4v) is 3.22. The Morgan fingerprint density at radius 1 is 1.23 bits per heavy atom. The van der Waals surface area contributed by atoms with Crippen molar-refractivity contribution in [1.82, 2.24) is 0 Å². The van der Waals surface area contributed by atoms with Crippen molar-refractivity contribution in [2.45, 2.75) is 32.0 Å². The molecule has 0 unspecified atom stereocenters. The summed E-state index contributed by atoms with van der Waals surface area (Å²) in [4.78, 5) is 0. The highest BCUT2D eigenvalue weighted by Crippen LogP contribution is 2.45. The Hall–Kier alpha value is -2.15. The standard InChI is InChI=1S/C19H20N2O/c1-14-3-6-17(7-4-14)19(9-2-10-20)18-8-5-15(12-21)11-16(18)13-22-19/h3-8,11H,2,9-10,13,20H2,1H3/t19-/m0/s1. The first-order chi connectivity index (χ1) is 10.7. The van der Waals surface area contributed by atoms with Gasteiger partial charge < -0.3 is 10.5 Å². The van der Waals surface area contributed by atoms with E-state index in [1.807, 2.05) is 18.2 Å². The largest absolute Gasteiger partial charge is 0.361 e. The summed E-state index contributed by atoms with van der Waals surface area (Å²) in [6, 6.07) is 16.6. The Morgan fingerprint density at radius 3 is 2.68 bits per heavy atom. The summed E-state index contributed by atoms with van der Waals surface area (Å²) in [6.07, 6.45) is 1.75. The third-order valence-corrected chi connectivity index (χ3v) is 4.39. The van der Waals surface area contributed by atoms with Crippen molar-refractivity contribution < 1.29 is 4.74 Å². The Kier molecular flexibility index (Phi) is 3.98. The lowest BCUT2D eigenvalue weighted by molar-refractivity contribution is -0.0125. The van der Waals surface area contributed by atoms with Crippen molar-refractivity contribution in [2.75, 3.05) is 6.54 Å². The van der Waals surface area contributed by atoms with Gasteiger partial charge in [0.25, 0.3) is 0 Å². The first-order valence-electron chi connectivity index (χ1n) is 7.64. The lowest BCUT2D eigenvalue weighted by atomic mass is 9.81. The van der Waals surface area contributed by atoms with Gasteiger partial charge in [0.2, 0.25) is 0 Å². The molecule has 3 rings (SSSR count). The van der Waals surface area contributed by atoms with Gasteiger partial charge in [0.15, 0.2) is 0 Å². The molecule has 2 aromatic carbocycles. The van der Waals surface area contributed by atoms with Crippen LogP contribution in [-0.2, 0) is 16.9 Å². The monoisotopic (exact) mass is 292 g/mol. The molecule has 0 aromatic heterocycles. The van der Waals surface area contributed by atoms with Gasteiger partial charge in [0.05, 0.1) is 18.2 Å². The second-order valence-corrected chi connectivity index (χ2v) is 5.86. The van der Waals surface area contributed by atoms with E-state index in [9.17, 15) is 0 Å². The van der Waals surface area contributed by atoms with Crippen LogP contribution in [0.2, 0.25) is 0 Å². The molecule has 1 aliphatic rings. The zero-order valence-corrected chi connectivity index (χ0v) is 12.8. The minimum atomic E-state index is -0.434. The van der Waals surface area contributed by atoms with Crippen LogP contribution in [0.15, 0.2) is 42.5 Å². The number of hydrogen-bond acceptors (Lipinski definition) is 3. The summed E-state index contributed by atoms with van der Waals surface area (Å²) in [5.41, 5.74) is 10.7. The van der Waals surface area contributed by atoms with Gasteiger partial charge in [-0.1, -0.05) is 35.9 Å². The summed E-state index contributed by atoms with van der Waals surface area (Å²) < 4.78 is 6.27. The quantitative estimate of drug-likeness (QED) is 0.939. The molecule has 0 aliphatic carbocycles. The molecule has 0 saturated heterocycles. The van der Waals surface area contributed by atoms with Crippen molar-refractivity contribution in [3.63, 3.8) is 0 Å². The minimum Gasteiger partial charge on any atom is -0.361 e. The van der Waals surface area contributed by atoms with Crippen molar-refractivity contribution in [2.24, 2.45) is 5.73 Å².